The molecule has 3 aromatic rings. The molecule has 0 amide bonds. The van der Waals surface area contributed by atoms with E-state index in [0.29, 0.717) is 20.6 Å². The van der Waals surface area contributed by atoms with Gasteiger partial charge in [0.25, 0.3) is 0 Å². The molecule has 3 nitrogen and oxygen atoms in total. The number of nitrogens with zero attached hydrogens (tertiary/aromatic N) is 2. The second-order valence-corrected chi connectivity index (χ2v) is 8.43. The Labute approximate surface area is 163 Å². The molecule has 0 unspecified atom stereocenters. The Balaban J connectivity index is 1.62. The number of hydrogen-bond acceptors (Lipinski definition) is 5. The number of halogens is 2. The third-order valence-corrected chi connectivity index (χ3v) is 6.07. The molecule has 0 aliphatic carbocycles. The van der Waals surface area contributed by atoms with Crippen LogP contribution in [0.4, 0.5) is 0 Å². The summed E-state index contributed by atoms with van der Waals surface area (Å²) in [5.74, 6) is 1.66. The van der Waals surface area contributed by atoms with Crippen LogP contribution in [0, 0.1) is 3.95 Å². The number of hydrogen-bond donors (Lipinski definition) is 0. The lowest BCUT2D eigenvalue weighted by molar-refractivity contribution is 0.344. The van der Waals surface area contributed by atoms with Crippen LogP contribution in [0.5, 0.6) is 5.75 Å². The number of benzene rings is 2. The number of thioether (sulfide) groups is 1. The topological polar surface area (TPSA) is 27.1 Å². The molecular weight excluding hydrogens is 403 g/mol. The molecule has 0 N–H and O–H groups in total. The molecule has 0 radical (unpaired) electrons. The molecule has 0 atom stereocenters. The number of para-hydroxylation sites is 1. The van der Waals surface area contributed by atoms with Crippen molar-refractivity contribution in [1.29, 1.82) is 0 Å². The zero-order chi connectivity index (χ0) is 16.9. The maximum absolute atomic E-state index is 6.06. The molecule has 0 fully saturated rings. The van der Waals surface area contributed by atoms with Gasteiger partial charge in [-0.1, -0.05) is 64.5 Å². The fourth-order valence-electron chi connectivity index (χ4n) is 1.90. The Kier molecular flexibility index (Phi) is 6.19. The Morgan fingerprint density at radius 3 is 2.67 bits per heavy atom. The highest BCUT2D eigenvalue weighted by atomic mass is 35.5. The summed E-state index contributed by atoms with van der Waals surface area (Å²) in [6.07, 6.45) is 0. The van der Waals surface area contributed by atoms with Crippen LogP contribution in [-0.2, 0) is 0 Å². The van der Waals surface area contributed by atoms with Gasteiger partial charge >= 0.3 is 0 Å². The highest BCUT2D eigenvalue weighted by Crippen LogP contribution is 2.27. The lowest BCUT2D eigenvalue weighted by Gasteiger charge is -2.04. The molecule has 0 saturated carbocycles. The van der Waals surface area contributed by atoms with Crippen molar-refractivity contribution in [2.75, 3.05) is 12.4 Å². The molecule has 0 spiro atoms. The minimum Gasteiger partial charge on any atom is -0.493 e. The zero-order valence-electron chi connectivity index (χ0n) is 12.3. The first-order chi connectivity index (χ1) is 11.6. The van der Waals surface area contributed by atoms with Crippen LogP contribution in [-0.4, -0.2) is 22.1 Å². The van der Waals surface area contributed by atoms with Crippen LogP contribution in [0.3, 0.4) is 0 Å². The van der Waals surface area contributed by atoms with Gasteiger partial charge in [0.1, 0.15) is 5.75 Å². The third kappa shape index (κ3) is 4.52. The molecular formula is C16H12Cl2N2OS3. The minimum atomic E-state index is 0.481. The van der Waals surface area contributed by atoms with E-state index in [1.54, 1.807) is 28.6 Å². The van der Waals surface area contributed by atoms with Crippen molar-refractivity contribution >= 4 is 58.5 Å². The van der Waals surface area contributed by atoms with Gasteiger partial charge in [0.05, 0.1) is 22.3 Å². The smallest absolute Gasteiger partial charge is 0.184 e. The van der Waals surface area contributed by atoms with E-state index in [-0.39, 0.29) is 0 Å². The first-order valence-electron chi connectivity index (χ1n) is 7.00. The van der Waals surface area contributed by atoms with Gasteiger partial charge in [-0.3, -0.25) is 0 Å². The van der Waals surface area contributed by atoms with E-state index in [4.69, 9.17) is 40.2 Å². The van der Waals surface area contributed by atoms with E-state index < -0.39 is 0 Å². The average Bonchev–Trinajstić information content (AvgIpc) is 2.96. The monoisotopic (exact) mass is 414 g/mol. The van der Waals surface area contributed by atoms with Crippen molar-refractivity contribution in [2.24, 2.45) is 0 Å². The Bertz CT molecular complexity index is 881. The van der Waals surface area contributed by atoms with Gasteiger partial charge in [0.2, 0.25) is 0 Å². The van der Waals surface area contributed by atoms with E-state index in [0.717, 1.165) is 21.5 Å². The molecule has 0 aliphatic rings. The SMILES string of the molecule is S=c1sc(SCCOc2ccccc2)nn1-c1ccc(Cl)c(Cl)c1. The highest BCUT2D eigenvalue weighted by molar-refractivity contribution is 8.01. The fraction of sp³-hybridized carbons (Fsp3) is 0.125. The summed E-state index contributed by atoms with van der Waals surface area (Å²) in [7, 11) is 0. The third-order valence-electron chi connectivity index (χ3n) is 3.00. The van der Waals surface area contributed by atoms with Gasteiger partial charge < -0.3 is 4.74 Å². The second-order valence-electron chi connectivity index (χ2n) is 4.65. The number of ether oxygens (including phenoxy) is 1. The Morgan fingerprint density at radius 1 is 1.12 bits per heavy atom. The quantitative estimate of drug-likeness (QED) is 0.275. The van der Waals surface area contributed by atoms with Crippen molar-refractivity contribution in [3.63, 3.8) is 0 Å². The molecule has 124 valence electrons. The summed E-state index contributed by atoms with van der Waals surface area (Å²) in [5.41, 5.74) is 0.804. The summed E-state index contributed by atoms with van der Waals surface area (Å²) in [6.45, 7) is 0.605. The second kappa shape index (κ2) is 8.36. The van der Waals surface area contributed by atoms with E-state index >= 15 is 0 Å². The molecule has 0 bridgehead atoms. The highest BCUT2D eigenvalue weighted by Gasteiger charge is 2.08. The van der Waals surface area contributed by atoms with E-state index in [2.05, 4.69) is 5.10 Å². The summed E-state index contributed by atoms with van der Waals surface area (Å²) in [5, 5.41) is 5.52. The zero-order valence-corrected chi connectivity index (χ0v) is 16.3. The van der Waals surface area contributed by atoms with Gasteiger partial charge in [-0.25, -0.2) is 4.68 Å². The van der Waals surface area contributed by atoms with Crippen LogP contribution in [0.15, 0.2) is 52.9 Å². The average molecular weight is 415 g/mol. The van der Waals surface area contributed by atoms with Gasteiger partial charge in [-0.05, 0) is 42.5 Å². The van der Waals surface area contributed by atoms with Crippen molar-refractivity contribution in [1.82, 2.24) is 9.78 Å². The van der Waals surface area contributed by atoms with Crippen LogP contribution < -0.4 is 4.74 Å². The first kappa shape index (κ1) is 17.8. The molecule has 2 aromatic carbocycles. The molecule has 24 heavy (non-hydrogen) atoms. The maximum Gasteiger partial charge on any atom is 0.184 e. The Hall–Kier alpha value is -1.05. The number of aromatic nitrogens is 2. The lowest BCUT2D eigenvalue weighted by atomic mass is 10.3. The first-order valence-corrected chi connectivity index (χ1v) is 9.96. The summed E-state index contributed by atoms with van der Waals surface area (Å²) < 4.78 is 8.92. The van der Waals surface area contributed by atoms with Crippen molar-refractivity contribution < 1.29 is 4.74 Å². The van der Waals surface area contributed by atoms with Crippen molar-refractivity contribution in [3.05, 3.63) is 62.5 Å². The minimum absolute atomic E-state index is 0.481. The van der Waals surface area contributed by atoms with Crippen LogP contribution in [0.2, 0.25) is 10.0 Å². The van der Waals surface area contributed by atoms with Crippen molar-refractivity contribution in [2.45, 2.75) is 4.34 Å². The summed E-state index contributed by atoms with van der Waals surface area (Å²) in [4.78, 5) is 0. The van der Waals surface area contributed by atoms with Gasteiger partial charge in [0.15, 0.2) is 8.29 Å². The van der Waals surface area contributed by atoms with Crippen molar-refractivity contribution in [3.8, 4) is 11.4 Å². The molecule has 1 heterocycles. The lowest BCUT2D eigenvalue weighted by Crippen LogP contribution is -2.00. The fourth-order valence-corrected chi connectivity index (χ4v) is 4.45. The number of rotatable bonds is 6. The molecule has 0 saturated heterocycles. The largest absolute Gasteiger partial charge is 0.493 e. The normalized spacial score (nSPS) is 10.8. The van der Waals surface area contributed by atoms with Gasteiger partial charge in [-0.15, -0.1) is 5.10 Å². The van der Waals surface area contributed by atoms with Crippen LogP contribution >= 0.6 is 58.5 Å². The molecule has 8 heteroatoms. The van der Waals surface area contributed by atoms with Gasteiger partial charge in [-0.2, -0.15) is 0 Å². The predicted octanol–water partition coefficient (Wildman–Crippen LogP) is 6.14. The van der Waals surface area contributed by atoms with Gasteiger partial charge in [0, 0.05) is 5.75 Å². The molecule has 3 rings (SSSR count). The van der Waals surface area contributed by atoms with E-state index in [9.17, 15) is 0 Å². The van der Waals surface area contributed by atoms with E-state index in [1.165, 1.54) is 11.3 Å². The Morgan fingerprint density at radius 2 is 1.92 bits per heavy atom. The summed E-state index contributed by atoms with van der Waals surface area (Å²) >= 11 is 20.5. The van der Waals surface area contributed by atoms with Crippen LogP contribution in [0.25, 0.3) is 5.69 Å². The molecule has 0 aliphatic heterocycles. The van der Waals surface area contributed by atoms with E-state index in [1.807, 2.05) is 36.4 Å². The predicted molar refractivity (Wildman–Crippen MR) is 105 cm³/mol. The maximum atomic E-state index is 6.06. The standard InChI is InChI=1S/C16H12Cl2N2OS3/c17-13-7-6-11(10-14(13)18)20-16(22)24-15(19-20)23-9-8-21-12-4-2-1-3-5-12/h1-7,10H,8-9H2. The van der Waals surface area contributed by atoms with Crippen LogP contribution in [0.1, 0.15) is 0 Å². The summed E-state index contributed by atoms with van der Waals surface area (Å²) in [6, 6.07) is 15.1. The molecule has 1 aromatic heterocycles.